The summed E-state index contributed by atoms with van der Waals surface area (Å²) >= 11 is 0. The topological polar surface area (TPSA) is 6.48 Å². The van der Waals surface area contributed by atoms with Crippen LogP contribution in [0.5, 0.6) is 0 Å². The van der Waals surface area contributed by atoms with Crippen molar-refractivity contribution in [1.82, 2.24) is 9.80 Å². The van der Waals surface area contributed by atoms with Crippen LogP contribution < -0.4 is 0 Å². The van der Waals surface area contributed by atoms with Gasteiger partial charge < -0.3 is 9.80 Å². The van der Waals surface area contributed by atoms with Gasteiger partial charge in [-0.2, -0.15) is 0 Å². The molecule has 76 valence electrons. The number of hydrogen-bond acceptors (Lipinski definition) is 2. The van der Waals surface area contributed by atoms with E-state index in [0.717, 1.165) is 5.92 Å². The molecule has 2 fully saturated rings. The van der Waals surface area contributed by atoms with Gasteiger partial charge in [-0.15, -0.1) is 0 Å². The molecule has 0 N–H and O–H groups in total. The van der Waals surface area contributed by atoms with Crippen molar-refractivity contribution in [2.75, 3.05) is 39.8 Å². The molecule has 1 atom stereocenters. The molecule has 13 heavy (non-hydrogen) atoms. The highest BCUT2D eigenvalue weighted by atomic mass is 15.2. The van der Waals surface area contributed by atoms with Gasteiger partial charge in [-0.05, 0) is 24.8 Å². The molecule has 0 aromatic rings. The second-order valence-electron chi connectivity index (χ2n) is 5.49. The van der Waals surface area contributed by atoms with Gasteiger partial charge >= 0.3 is 0 Å². The van der Waals surface area contributed by atoms with Gasteiger partial charge in [0.25, 0.3) is 0 Å². The minimum absolute atomic E-state index is 0.656. The first kappa shape index (κ1) is 9.47. The van der Waals surface area contributed by atoms with E-state index >= 15 is 0 Å². The van der Waals surface area contributed by atoms with Crippen molar-refractivity contribution in [2.45, 2.75) is 20.3 Å². The number of nitrogens with zero attached hydrogens (tertiary/aromatic N) is 2. The number of rotatable bonds is 2. The third-order valence-electron chi connectivity index (χ3n) is 3.79. The van der Waals surface area contributed by atoms with E-state index in [2.05, 4.69) is 30.7 Å². The predicted octanol–water partition coefficient (Wildman–Crippen LogP) is 1.28. The van der Waals surface area contributed by atoms with Gasteiger partial charge in [-0.1, -0.05) is 13.8 Å². The molecule has 2 heteroatoms. The maximum atomic E-state index is 2.64. The highest BCUT2D eigenvalue weighted by Gasteiger charge is 2.45. The highest BCUT2D eigenvalue weighted by molar-refractivity contribution is 4.96. The first-order valence-corrected chi connectivity index (χ1v) is 5.49. The Balaban J connectivity index is 1.72. The number of likely N-dealkylation sites (N-methyl/N-ethyl adjacent to an activating group) is 1. The summed E-state index contributed by atoms with van der Waals surface area (Å²) in [5.74, 6) is 0.982. The van der Waals surface area contributed by atoms with E-state index in [9.17, 15) is 0 Å². The van der Waals surface area contributed by atoms with E-state index in [4.69, 9.17) is 0 Å². The van der Waals surface area contributed by atoms with E-state index in [1.807, 2.05) is 0 Å². The lowest BCUT2D eigenvalue weighted by molar-refractivity contribution is 0.145. The van der Waals surface area contributed by atoms with Crippen LogP contribution in [0.4, 0.5) is 0 Å². The Morgan fingerprint density at radius 3 is 2.15 bits per heavy atom. The molecule has 2 rings (SSSR count). The second-order valence-corrected chi connectivity index (χ2v) is 5.49. The second kappa shape index (κ2) is 3.25. The maximum absolute atomic E-state index is 2.64. The third-order valence-corrected chi connectivity index (χ3v) is 3.79. The average Bonchev–Trinajstić information content (AvgIpc) is 2.64. The average molecular weight is 182 g/mol. The normalized spacial score (nSPS) is 34.8. The van der Waals surface area contributed by atoms with Crippen LogP contribution in [-0.2, 0) is 0 Å². The van der Waals surface area contributed by atoms with E-state index in [0.29, 0.717) is 5.41 Å². The molecule has 1 saturated carbocycles. The summed E-state index contributed by atoms with van der Waals surface area (Å²) in [5.41, 5.74) is 0.656. The van der Waals surface area contributed by atoms with Gasteiger partial charge in [0.2, 0.25) is 0 Å². The van der Waals surface area contributed by atoms with Crippen molar-refractivity contribution in [3.63, 3.8) is 0 Å². The molecule has 0 radical (unpaired) electrons. The summed E-state index contributed by atoms with van der Waals surface area (Å²) in [6.45, 7) is 11.2. The van der Waals surface area contributed by atoms with Crippen LogP contribution in [0.3, 0.4) is 0 Å². The molecule has 1 heterocycles. The van der Waals surface area contributed by atoms with Crippen LogP contribution in [0.1, 0.15) is 20.3 Å². The molecule has 0 bridgehead atoms. The fourth-order valence-corrected chi connectivity index (χ4v) is 2.23. The van der Waals surface area contributed by atoms with Crippen LogP contribution in [0.25, 0.3) is 0 Å². The van der Waals surface area contributed by atoms with Gasteiger partial charge in [-0.3, -0.25) is 0 Å². The smallest absolute Gasteiger partial charge is 0.0110 e. The largest absolute Gasteiger partial charge is 0.304 e. The van der Waals surface area contributed by atoms with Gasteiger partial charge in [0.15, 0.2) is 0 Å². The lowest BCUT2D eigenvalue weighted by Gasteiger charge is -2.32. The van der Waals surface area contributed by atoms with Crippen LogP contribution in [0.15, 0.2) is 0 Å². The van der Waals surface area contributed by atoms with Crippen LogP contribution >= 0.6 is 0 Å². The highest BCUT2D eigenvalue weighted by Crippen LogP contribution is 2.51. The van der Waals surface area contributed by atoms with Crippen molar-refractivity contribution in [2.24, 2.45) is 11.3 Å². The Morgan fingerprint density at radius 1 is 1.15 bits per heavy atom. The van der Waals surface area contributed by atoms with Crippen molar-refractivity contribution in [3.05, 3.63) is 0 Å². The molecule has 0 spiro atoms. The zero-order valence-corrected chi connectivity index (χ0v) is 9.21. The van der Waals surface area contributed by atoms with Crippen molar-refractivity contribution < 1.29 is 0 Å². The van der Waals surface area contributed by atoms with Gasteiger partial charge in [0.1, 0.15) is 0 Å². The predicted molar refractivity (Wildman–Crippen MR) is 55.8 cm³/mol. The quantitative estimate of drug-likeness (QED) is 0.635. The van der Waals surface area contributed by atoms with E-state index in [1.54, 1.807) is 0 Å². The molecule has 0 aromatic carbocycles. The number of piperazine rings is 1. The summed E-state index contributed by atoms with van der Waals surface area (Å²) < 4.78 is 0. The van der Waals surface area contributed by atoms with Crippen molar-refractivity contribution >= 4 is 0 Å². The minimum atomic E-state index is 0.656. The fourth-order valence-electron chi connectivity index (χ4n) is 2.23. The Labute approximate surface area is 81.9 Å². The Hall–Kier alpha value is -0.0800. The fraction of sp³-hybridized carbons (Fsp3) is 1.00. The molecule has 1 saturated heterocycles. The molecular weight excluding hydrogens is 160 g/mol. The van der Waals surface area contributed by atoms with E-state index in [-0.39, 0.29) is 0 Å². The monoisotopic (exact) mass is 182 g/mol. The SMILES string of the molecule is CN1CCN(C[C@H]2CC2(C)C)CC1. The standard InChI is InChI=1S/C11H22N2/c1-11(2)8-10(11)9-13-6-4-12(3)5-7-13/h10H,4-9H2,1-3H3/t10-/m1/s1. The molecule has 0 unspecified atom stereocenters. The molecule has 1 aliphatic carbocycles. The molecule has 0 aromatic heterocycles. The molecule has 2 nitrogen and oxygen atoms in total. The van der Waals surface area contributed by atoms with E-state index < -0.39 is 0 Å². The Kier molecular flexibility index (Phi) is 2.37. The zero-order valence-electron chi connectivity index (χ0n) is 9.21. The lowest BCUT2D eigenvalue weighted by atomic mass is 10.1. The number of hydrogen-bond donors (Lipinski definition) is 0. The van der Waals surface area contributed by atoms with Crippen LogP contribution in [0, 0.1) is 11.3 Å². The summed E-state index contributed by atoms with van der Waals surface area (Å²) in [6.07, 6.45) is 1.44. The van der Waals surface area contributed by atoms with Gasteiger partial charge in [0, 0.05) is 32.7 Å². The van der Waals surface area contributed by atoms with Crippen molar-refractivity contribution in [1.29, 1.82) is 0 Å². The minimum Gasteiger partial charge on any atom is -0.304 e. The van der Waals surface area contributed by atoms with Gasteiger partial charge in [-0.25, -0.2) is 0 Å². The summed E-state index contributed by atoms with van der Waals surface area (Å²) in [4.78, 5) is 5.06. The maximum Gasteiger partial charge on any atom is 0.0110 e. The van der Waals surface area contributed by atoms with Gasteiger partial charge in [0.05, 0.1) is 0 Å². The van der Waals surface area contributed by atoms with Crippen molar-refractivity contribution in [3.8, 4) is 0 Å². The summed E-state index contributed by atoms with van der Waals surface area (Å²) in [6, 6.07) is 0. The first-order chi connectivity index (χ1) is 6.08. The molecule has 1 aliphatic heterocycles. The Morgan fingerprint density at radius 2 is 1.69 bits per heavy atom. The first-order valence-electron chi connectivity index (χ1n) is 5.49. The summed E-state index contributed by atoms with van der Waals surface area (Å²) in [5, 5.41) is 0. The van der Waals surface area contributed by atoms with Crippen LogP contribution in [-0.4, -0.2) is 49.6 Å². The zero-order chi connectivity index (χ0) is 9.47. The lowest BCUT2D eigenvalue weighted by Crippen LogP contribution is -2.45. The molecule has 2 aliphatic rings. The molecular formula is C11H22N2. The molecule has 0 amide bonds. The summed E-state index contributed by atoms with van der Waals surface area (Å²) in [7, 11) is 2.22. The van der Waals surface area contributed by atoms with E-state index in [1.165, 1.54) is 39.1 Å². The van der Waals surface area contributed by atoms with Crippen LogP contribution in [0.2, 0.25) is 0 Å². The third kappa shape index (κ3) is 2.23. The Bertz CT molecular complexity index is 181.